The van der Waals surface area contributed by atoms with E-state index >= 15 is 0 Å². The number of amides is 1. The van der Waals surface area contributed by atoms with Crippen molar-refractivity contribution in [2.24, 2.45) is 5.41 Å². The number of aliphatic hydroxyl groups excluding tert-OH is 1. The Morgan fingerprint density at radius 3 is 2.39 bits per heavy atom. The van der Waals surface area contributed by atoms with Crippen LogP contribution >= 0.6 is 0 Å². The van der Waals surface area contributed by atoms with Gasteiger partial charge in [-0.1, -0.05) is 13.8 Å². The molecule has 2 rings (SSSR count). The average Bonchev–Trinajstić information content (AvgIpc) is 2.35. The van der Waals surface area contributed by atoms with Gasteiger partial charge in [-0.15, -0.1) is 0 Å². The van der Waals surface area contributed by atoms with Crippen LogP contribution in [-0.4, -0.2) is 53.0 Å². The number of ether oxygens (including phenoxy) is 1. The molecule has 0 saturated heterocycles. The molecule has 2 saturated carbocycles. The molecule has 0 aliphatic heterocycles. The molecule has 0 aromatic rings. The van der Waals surface area contributed by atoms with E-state index in [1.165, 1.54) is 12.8 Å². The van der Waals surface area contributed by atoms with Gasteiger partial charge in [-0.25, -0.2) is 4.79 Å². The monoisotopic (exact) mass is 326 g/mol. The van der Waals surface area contributed by atoms with Crippen molar-refractivity contribution in [1.29, 1.82) is 0 Å². The third kappa shape index (κ3) is 5.08. The Kier molecular flexibility index (Phi) is 5.31. The van der Waals surface area contributed by atoms with Gasteiger partial charge in [-0.2, -0.15) is 0 Å². The van der Waals surface area contributed by atoms with Gasteiger partial charge < -0.3 is 15.2 Å². The second kappa shape index (κ2) is 6.60. The van der Waals surface area contributed by atoms with E-state index in [-0.39, 0.29) is 24.3 Å². The molecule has 2 aliphatic rings. The number of alkyl carbamates (subject to hydrolysis) is 1. The van der Waals surface area contributed by atoms with E-state index in [4.69, 9.17) is 4.74 Å². The number of carbonyl (C=O) groups excluding carboxylic acids is 1. The quantitative estimate of drug-likeness (QED) is 0.837. The van der Waals surface area contributed by atoms with Crippen molar-refractivity contribution in [3.05, 3.63) is 0 Å². The lowest BCUT2D eigenvalue weighted by Crippen LogP contribution is -2.60. The number of nitrogens with one attached hydrogen (secondary N) is 1. The number of aliphatic hydroxyl groups is 1. The van der Waals surface area contributed by atoms with Crippen LogP contribution in [0.1, 0.15) is 66.7 Å². The zero-order chi connectivity index (χ0) is 17.4. The highest BCUT2D eigenvalue weighted by Gasteiger charge is 2.43. The molecule has 0 aromatic carbocycles. The maximum atomic E-state index is 12.1. The van der Waals surface area contributed by atoms with Crippen LogP contribution < -0.4 is 5.32 Å². The Hall–Kier alpha value is -0.810. The highest BCUT2D eigenvalue weighted by molar-refractivity contribution is 5.68. The third-order valence-electron chi connectivity index (χ3n) is 5.17. The summed E-state index contributed by atoms with van der Waals surface area (Å²) in [7, 11) is 2.13. The van der Waals surface area contributed by atoms with Gasteiger partial charge >= 0.3 is 6.09 Å². The minimum absolute atomic E-state index is 0.0435. The molecule has 2 aliphatic carbocycles. The molecule has 0 heterocycles. The van der Waals surface area contributed by atoms with E-state index in [1.807, 2.05) is 20.8 Å². The second-order valence-corrected chi connectivity index (χ2v) is 9.18. The standard InChI is InChI=1S/C18H34N2O3/c1-17(2,3)23-16(22)19-14-8-7-13(21)9-15(14)20(6)12-10-18(4,5)11-12/h12-15,21H,7-11H2,1-6H3,(H,19,22). The van der Waals surface area contributed by atoms with Crippen LogP contribution in [0.5, 0.6) is 0 Å². The van der Waals surface area contributed by atoms with Crippen molar-refractivity contribution in [2.75, 3.05) is 7.05 Å². The van der Waals surface area contributed by atoms with Crippen LogP contribution in [0, 0.1) is 5.41 Å². The van der Waals surface area contributed by atoms with Gasteiger partial charge in [-0.3, -0.25) is 4.90 Å². The summed E-state index contributed by atoms with van der Waals surface area (Å²) >= 11 is 0. The first kappa shape index (κ1) is 18.5. The number of likely N-dealkylation sites (N-methyl/N-ethyl adjacent to an activating group) is 1. The summed E-state index contributed by atoms with van der Waals surface area (Å²) in [6.07, 6.45) is 3.98. The van der Waals surface area contributed by atoms with Crippen molar-refractivity contribution in [3.63, 3.8) is 0 Å². The molecule has 23 heavy (non-hydrogen) atoms. The van der Waals surface area contributed by atoms with Gasteiger partial charge in [0.05, 0.1) is 6.10 Å². The fraction of sp³-hybridized carbons (Fsp3) is 0.944. The van der Waals surface area contributed by atoms with Crippen LogP contribution in [0.15, 0.2) is 0 Å². The van der Waals surface area contributed by atoms with Crippen molar-refractivity contribution in [2.45, 2.75) is 96.6 Å². The van der Waals surface area contributed by atoms with Crippen LogP contribution in [0.2, 0.25) is 0 Å². The first-order valence-electron chi connectivity index (χ1n) is 8.86. The third-order valence-corrected chi connectivity index (χ3v) is 5.17. The van der Waals surface area contributed by atoms with E-state index < -0.39 is 5.60 Å². The summed E-state index contributed by atoms with van der Waals surface area (Å²) in [5, 5.41) is 13.1. The van der Waals surface area contributed by atoms with Crippen LogP contribution in [-0.2, 0) is 4.74 Å². The Morgan fingerprint density at radius 2 is 1.87 bits per heavy atom. The Morgan fingerprint density at radius 1 is 1.26 bits per heavy atom. The lowest BCUT2D eigenvalue weighted by molar-refractivity contribution is -0.0265. The highest BCUT2D eigenvalue weighted by atomic mass is 16.6. The van der Waals surface area contributed by atoms with Crippen LogP contribution in [0.25, 0.3) is 0 Å². The SMILES string of the molecule is CN(C1CC(C)(C)C1)C1CC(O)CCC1NC(=O)OC(C)(C)C. The predicted octanol–water partition coefficient (Wildman–Crippen LogP) is 2.91. The normalized spacial score (nSPS) is 31.6. The molecule has 0 aromatic heterocycles. The zero-order valence-electron chi connectivity index (χ0n) is 15.6. The van der Waals surface area contributed by atoms with Gasteiger partial charge in [-0.05, 0) is 65.3 Å². The van der Waals surface area contributed by atoms with Crippen molar-refractivity contribution >= 4 is 6.09 Å². The molecular formula is C18H34N2O3. The predicted molar refractivity (Wildman–Crippen MR) is 91.4 cm³/mol. The summed E-state index contributed by atoms with van der Waals surface area (Å²) in [6.45, 7) is 10.2. The van der Waals surface area contributed by atoms with E-state index in [9.17, 15) is 9.90 Å². The Bertz CT molecular complexity index is 422. The van der Waals surface area contributed by atoms with E-state index in [1.54, 1.807) is 0 Å². The topological polar surface area (TPSA) is 61.8 Å². The summed E-state index contributed by atoms with van der Waals surface area (Å²) in [5.74, 6) is 0. The smallest absolute Gasteiger partial charge is 0.407 e. The van der Waals surface area contributed by atoms with Crippen molar-refractivity contribution in [1.82, 2.24) is 10.2 Å². The molecule has 0 bridgehead atoms. The molecule has 1 amide bonds. The minimum Gasteiger partial charge on any atom is -0.444 e. The van der Waals surface area contributed by atoms with E-state index in [2.05, 4.69) is 31.1 Å². The largest absolute Gasteiger partial charge is 0.444 e. The molecule has 3 unspecified atom stereocenters. The fourth-order valence-corrected chi connectivity index (χ4v) is 3.98. The maximum Gasteiger partial charge on any atom is 0.407 e. The number of rotatable bonds is 3. The molecule has 5 nitrogen and oxygen atoms in total. The number of carbonyl (C=O) groups is 1. The fourth-order valence-electron chi connectivity index (χ4n) is 3.98. The first-order chi connectivity index (χ1) is 10.5. The van der Waals surface area contributed by atoms with Gasteiger partial charge in [0.25, 0.3) is 0 Å². The van der Waals surface area contributed by atoms with Gasteiger partial charge in [0, 0.05) is 18.1 Å². The maximum absolute atomic E-state index is 12.1. The average molecular weight is 326 g/mol. The molecule has 2 fully saturated rings. The van der Waals surface area contributed by atoms with E-state index in [0.29, 0.717) is 17.9 Å². The second-order valence-electron chi connectivity index (χ2n) is 9.18. The lowest BCUT2D eigenvalue weighted by atomic mass is 9.67. The number of hydrogen-bond donors (Lipinski definition) is 2. The van der Waals surface area contributed by atoms with Gasteiger partial charge in [0.1, 0.15) is 5.60 Å². The van der Waals surface area contributed by atoms with Crippen molar-refractivity contribution < 1.29 is 14.6 Å². The highest BCUT2D eigenvalue weighted by Crippen LogP contribution is 2.43. The molecule has 2 N–H and O–H groups in total. The summed E-state index contributed by atoms with van der Waals surface area (Å²) in [5.41, 5.74) is -0.0715. The summed E-state index contributed by atoms with van der Waals surface area (Å²) in [6, 6.07) is 0.762. The minimum atomic E-state index is -0.488. The van der Waals surface area contributed by atoms with Gasteiger partial charge in [0.15, 0.2) is 0 Å². The van der Waals surface area contributed by atoms with Gasteiger partial charge in [0.2, 0.25) is 0 Å². The summed E-state index contributed by atoms with van der Waals surface area (Å²) < 4.78 is 5.40. The van der Waals surface area contributed by atoms with Crippen LogP contribution in [0.4, 0.5) is 4.79 Å². The molecule has 5 heteroatoms. The molecule has 0 radical (unpaired) electrons. The first-order valence-corrected chi connectivity index (χ1v) is 8.86. The zero-order valence-corrected chi connectivity index (χ0v) is 15.6. The van der Waals surface area contributed by atoms with Crippen LogP contribution in [0.3, 0.4) is 0 Å². The molecule has 3 atom stereocenters. The molecular weight excluding hydrogens is 292 g/mol. The van der Waals surface area contributed by atoms with Crippen molar-refractivity contribution in [3.8, 4) is 0 Å². The molecule has 0 spiro atoms. The number of nitrogens with zero attached hydrogens (tertiary/aromatic N) is 1. The van der Waals surface area contributed by atoms with E-state index in [0.717, 1.165) is 12.8 Å². The summed E-state index contributed by atoms with van der Waals surface area (Å²) in [4.78, 5) is 14.5. The number of hydrogen-bond acceptors (Lipinski definition) is 4. The molecule has 134 valence electrons. The Balaban J connectivity index is 1.97. The Labute approximate surface area is 140 Å². The lowest BCUT2D eigenvalue weighted by Gasteiger charge is -2.52.